The smallest absolute Gasteiger partial charge is 0.240 e. The molecule has 4 nitrogen and oxygen atoms in total. The Morgan fingerprint density at radius 3 is 2.37 bits per heavy atom. The largest absolute Gasteiger partial charge is 0.335 e. The highest BCUT2D eigenvalue weighted by Gasteiger charge is 2.58. The number of hydrogen-bond donors (Lipinski definition) is 1. The molecule has 0 spiro atoms. The molecule has 0 unspecified atom stereocenters. The molecule has 0 heterocycles. The van der Waals surface area contributed by atoms with Crippen LogP contribution in [0, 0.1) is 12.3 Å². The van der Waals surface area contributed by atoms with Crippen molar-refractivity contribution >= 4 is 29.1 Å². The third kappa shape index (κ3) is 4.16. The quantitative estimate of drug-likeness (QED) is 0.727. The van der Waals surface area contributed by atoms with Crippen molar-refractivity contribution in [1.29, 1.82) is 0 Å². The van der Waals surface area contributed by atoms with Gasteiger partial charge in [0.15, 0.2) is 0 Å². The minimum Gasteiger partial charge on any atom is -0.335 e. The molecule has 0 atom stereocenters. The van der Waals surface area contributed by atoms with E-state index >= 15 is 0 Å². The summed E-state index contributed by atoms with van der Waals surface area (Å²) in [4.78, 5) is 28.1. The van der Waals surface area contributed by atoms with Crippen LogP contribution in [-0.2, 0) is 16.1 Å². The highest BCUT2D eigenvalue weighted by atomic mass is 35.5. The van der Waals surface area contributed by atoms with Crippen LogP contribution in [0.1, 0.15) is 37.8 Å². The molecule has 2 aromatic rings. The first-order valence-corrected chi connectivity index (χ1v) is 9.64. The fourth-order valence-corrected chi connectivity index (χ4v) is 3.44. The van der Waals surface area contributed by atoms with Gasteiger partial charge in [0.25, 0.3) is 0 Å². The van der Waals surface area contributed by atoms with Crippen LogP contribution in [0.3, 0.4) is 0 Å². The number of rotatable bonds is 6. The average Bonchev–Trinajstić information content (AvgIpc) is 3.44. The molecule has 2 amide bonds. The standard InChI is InChI=1S/C22H25ClN2O2/c1-15(2)25(14-17-7-5-4-6-8-17)21(27)22(11-12-22)20(26)24-19-10-9-18(23)13-16(19)3/h4-10,13,15H,11-12,14H2,1-3H3,(H,24,26). The number of halogens is 1. The van der Waals surface area contributed by atoms with Crippen molar-refractivity contribution in [2.24, 2.45) is 5.41 Å². The number of amides is 2. The van der Waals surface area contributed by atoms with Crippen LogP contribution in [0.15, 0.2) is 48.5 Å². The van der Waals surface area contributed by atoms with Gasteiger partial charge in [0.05, 0.1) is 0 Å². The number of nitrogens with zero attached hydrogens (tertiary/aromatic N) is 1. The second-order valence-corrected chi connectivity index (χ2v) is 7.94. The van der Waals surface area contributed by atoms with E-state index in [1.807, 2.05) is 51.1 Å². The normalized spacial score (nSPS) is 14.7. The van der Waals surface area contributed by atoms with E-state index in [0.717, 1.165) is 11.1 Å². The summed E-state index contributed by atoms with van der Waals surface area (Å²) >= 11 is 5.99. The van der Waals surface area contributed by atoms with Crippen molar-refractivity contribution in [2.45, 2.75) is 46.2 Å². The Morgan fingerprint density at radius 1 is 1.15 bits per heavy atom. The minimum absolute atomic E-state index is 0.0141. The topological polar surface area (TPSA) is 49.4 Å². The molecule has 1 fully saturated rings. The van der Waals surface area contributed by atoms with Gasteiger partial charge >= 0.3 is 0 Å². The summed E-state index contributed by atoms with van der Waals surface area (Å²) in [6.45, 7) is 6.36. The van der Waals surface area contributed by atoms with E-state index < -0.39 is 5.41 Å². The highest BCUT2D eigenvalue weighted by Crippen LogP contribution is 2.48. The predicted octanol–water partition coefficient (Wildman–Crippen LogP) is 4.80. The van der Waals surface area contributed by atoms with Crippen molar-refractivity contribution in [3.8, 4) is 0 Å². The fourth-order valence-electron chi connectivity index (χ4n) is 3.22. The Hall–Kier alpha value is -2.33. The summed E-state index contributed by atoms with van der Waals surface area (Å²) in [6.07, 6.45) is 1.17. The number of nitrogens with one attached hydrogen (secondary N) is 1. The summed E-state index contributed by atoms with van der Waals surface area (Å²) in [5.41, 5.74) is 1.68. The molecule has 3 rings (SSSR count). The molecule has 27 heavy (non-hydrogen) atoms. The van der Waals surface area contributed by atoms with Crippen LogP contribution in [0.2, 0.25) is 5.02 Å². The Bertz CT molecular complexity index is 845. The summed E-state index contributed by atoms with van der Waals surface area (Å²) in [6, 6.07) is 15.2. The molecule has 0 aromatic heterocycles. The van der Waals surface area contributed by atoms with E-state index in [0.29, 0.717) is 30.1 Å². The molecule has 1 saturated carbocycles. The van der Waals surface area contributed by atoms with E-state index in [9.17, 15) is 9.59 Å². The van der Waals surface area contributed by atoms with Gasteiger partial charge in [-0.15, -0.1) is 0 Å². The summed E-state index contributed by atoms with van der Waals surface area (Å²) in [5.74, 6) is -0.317. The second-order valence-electron chi connectivity index (χ2n) is 7.51. The SMILES string of the molecule is Cc1cc(Cl)ccc1NC(=O)C1(C(=O)N(Cc2ccccc2)C(C)C)CC1. The first-order valence-electron chi connectivity index (χ1n) is 9.26. The van der Waals surface area contributed by atoms with Crippen LogP contribution in [0.5, 0.6) is 0 Å². The zero-order valence-electron chi connectivity index (χ0n) is 16.0. The second kappa shape index (κ2) is 7.73. The van der Waals surface area contributed by atoms with Gasteiger partial charge in [0, 0.05) is 23.3 Å². The van der Waals surface area contributed by atoms with E-state index in [-0.39, 0.29) is 17.9 Å². The van der Waals surface area contributed by atoms with E-state index in [1.165, 1.54) is 0 Å². The summed E-state index contributed by atoms with van der Waals surface area (Å²) in [5, 5.41) is 3.56. The highest BCUT2D eigenvalue weighted by molar-refractivity contribution is 6.30. The molecule has 142 valence electrons. The van der Waals surface area contributed by atoms with Gasteiger partial charge in [-0.25, -0.2) is 0 Å². The molecule has 0 radical (unpaired) electrons. The maximum Gasteiger partial charge on any atom is 0.240 e. The lowest BCUT2D eigenvalue weighted by Crippen LogP contribution is -2.45. The maximum atomic E-state index is 13.3. The molecule has 1 aliphatic rings. The van der Waals surface area contributed by atoms with Crippen LogP contribution in [0.4, 0.5) is 5.69 Å². The van der Waals surface area contributed by atoms with Crippen LogP contribution < -0.4 is 5.32 Å². The van der Waals surface area contributed by atoms with Gasteiger partial charge in [0.2, 0.25) is 11.8 Å². The van der Waals surface area contributed by atoms with Crippen LogP contribution >= 0.6 is 11.6 Å². The van der Waals surface area contributed by atoms with Crippen molar-refractivity contribution < 1.29 is 9.59 Å². The van der Waals surface area contributed by atoms with Crippen molar-refractivity contribution in [3.05, 3.63) is 64.7 Å². The number of anilines is 1. The monoisotopic (exact) mass is 384 g/mol. The van der Waals surface area contributed by atoms with Gasteiger partial charge in [-0.2, -0.15) is 0 Å². The molecule has 5 heteroatoms. The molecule has 1 aliphatic carbocycles. The molecule has 0 aliphatic heterocycles. The summed E-state index contributed by atoms with van der Waals surface area (Å²) < 4.78 is 0. The summed E-state index contributed by atoms with van der Waals surface area (Å²) in [7, 11) is 0. The number of hydrogen-bond acceptors (Lipinski definition) is 2. The van der Waals surface area contributed by atoms with Gasteiger partial charge < -0.3 is 10.2 Å². The van der Waals surface area contributed by atoms with Crippen LogP contribution in [0.25, 0.3) is 0 Å². The van der Waals surface area contributed by atoms with Crippen molar-refractivity contribution in [1.82, 2.24) is 4.90 Å². The molecular weight excluding hydrogens is 360 g/mol. The van der Waals surface area contributed by atoms with Crippen molar-refractivity contribution in [2.75, 3.05) is 5.32 Å². The molecule has 2 aromatic carbocycles. The van der Waals surface area contributed by atoms with E-state index in [4.69, 9.17) is 11.6 Å². The Kier molecular flexibility index (Phi) is 5.56. The lowest BCUT2D eigenvalue weighted by atomic mass is 10.0. The Balaban J connectivity index is 1.78. The molecule has 0 saturated heterocycles. The number of aryl methyl sites for hydroxylation is 1. The first-order chi connectivity index (χ1) is 12.8. The molecule has 0 bridgehead atoms. The lowest BCUT2D eigenvalue weighted by Gasteiger charge is -2.30. The number of benzene rings is 2. The third-order valence-corrected chi connectivity index (χ3v) is 5.35. The van der Waals surface area contributed by atoms with Crippen LogP contribution in [-0.4, -0.2) is 22.8 Å². The predicted molar refractivity (Wildman–Crippen MR) is 109 cm³/mol. The zero-order chi connectivity index (χ0) is 19.6. The first kappa shape index (κ1) is 19.4. The van der Waals surface area contributed by atoms with Gasteiger partial charge in [-0.3, -0.25) is 9.59 Å². The molecule has 1 N–H and O–H groups in total. The number of carbonyl (C=O) groups excluding carboxylic acids is 2. The Labute approximate surface area is 165 Å². The van der Waals surface area contributed by atoms with Crippen molar-refractivity contribution in [3.63, 3.8) is 0 Å². The zero-order valence-corrected chi connectivity index (χ0v) is 16.7. The fraction of sp³-hybridized carbons (Fsp3) is 0.364. The van der Waals surface area contributed by atoms with Gasteiger partial charge in [-0.05, 0) is 62.9 Å². The maximum absolute atomic E-state index is 13.3. The lowest BCUT2D eigenvalue weighted by molar-refractivity contribution is -0.144. The molecular formula is C22H25ClN2O2. The van der Waals surface area contributed by atoms with E-state index in [1.54, 1.807) is 23.1 Å². The van der Waals surface area contributed by atoms with Gasteiger partial charge in [-0.1, -0.05) is 41.9 Å². The third-order valence-electron chi connectivity index (χ3n) is 5.11. The Morgan fingerprint density at radius 2 is 1.81 bits per heavy atom. The van der Waals surface area contributed by atoms with E-state index in [2.05, 4.69) is 5.32 Å². The number of carbonyl (C=O) groups is 2. The minimum atomic E-state index is -0.953. The average molecular weight is 385 g/mol. The van der Waals surface area contributed by atoms with Gasteiger partial charge in [0.1, 0.15) is 5.41 Å².